The zero-order valence-electron chi connectivity index (χ0n) is 19.3. The fourth-order valence-corrected chi connectivity index (χ4v) is 3.41. The van der Waals surface area contributed by atoms with Crippen LogP contribution >= 0.6 is 0 Å². The predicted molar refractivity (Wildman–Crippen MR) is 127 cm³/mol. The van der Waals surface area contributed by atoms with Gasteiger partial charge < -0.3 is 9.47 Å². The Bertz CT molecular complexity index is 1320. The number of pyridine rings is 1. The zero-order chi connectivity index (χ0) is 25.7. The molecule has 36 heavy (non-hydrogen) atoms. The zero-order valence-corrected chi connectivity index (χ0v) is 19.3. The number of amidine groups is 1. The number of hydrogen-bond acceptors (Lipinski definition) is 8. The predicted octanol–water partition coefficient (Wildman–Crippen LogP) is 3.52. The Hall–Kier alpha value is -4.87. The van der Waals surface area contributed by atoms with Gasteiger partial charge in [-0.1, -0.05) is 12.1 Å². The van der Waals surface area contributed by atoms with E-state index in [2.05, 4.69) is 20.6 Å². The van der Waals surface area contributed by atoms with E-state index in [0.29, 0.717) is 22.8 Å². The van der Waals surface area contributed by atoms with Crippen LogP contribution in [-0.2, 0) is 15.3 Å². The molecule has 0 saturated carbocycles. The molecule has 2 aromatic carbocycles. The Morgan fingerprint density at radius 1 is 1.17 bits per heavy atom. The number of halogens is 1. The van der Waals surface area contributed by atoms with E-state index in [-0.39, 0.29) is 18.1 Å². The topological polar surface area (TPSA) is 132 Å². The van der Waals surface area contributed by atoms with E-state index >= 15 is 0 Å². The fourth-order valence-electron chi connectivity index (χ4n) is 3.41. The van der Waals surface area contributed by atoms with Gasteiger partial charge in [0.1, 0.15) is 17.4 Å². The number of nitrogens with zero attached hydrogens (tertiary/aromatic N) is 5. The van der Waals surface area contributed by atoms with Crippen LogP contribution in [0.15, 0.2) is 83.3 Å². The molecule has 0 radical (unpaired) electrons. The van der Waals surface area contributed by atoms with Crippen LogP contribution in [0.5, 0.6) is 5.75 Å². The van der Waals surface area contributed by atoms with Crippen molar-refractivity contribution < 1.29 is 23.6 Å². The lowest BCUT2D eigenvalue weighted by atomic mass is 10.0. The van der Waals surface area contributed by atoms with Crippen molar-refractivity contribution in [3.05, 3.63) is 100 Å². The summed E-state index contributed by atoms with van der Waals surface area (Å²) >= 11 is 0. The molecule has 2 heterocycles. The molecule has 1 amide bonds. The van der Waals surface area contributed by atoms with Gasteiger partial charge in [-0.25, -0.2) is 14.8 Å². The van der Waals surface area contributed by atoms with Crippen LogP contribution < -0.4 is 10.2 Å². The van der Waals surface area contributed by atoms with E-state index < -0.39 is 22.4 Å². The molecule has 1 atom stereocenters. The maximum atomic E-state index is 13.6. The van der Waals surface area contributed by atoms with E-state index in [1.807, 2.05) is 0 Å². The Kier molecular flexibility index (Phi) is 6.86. The van der Waals surface area contributed by atoms with Crippen LogP contribution in [0.25, 0.3) is 0 Å². The molecule has 11 nitrogen and oxygen atoms in total. The number of hydrazone groups is 2. The highest BCUT2D eigenvalue weighted by Crippen LogP contribution is 2.36. The highest BCUT2D eigenvalue weighted by atomic mass is 19.1. The quantitative estimate of drug-likeness (QED) is 0.231. The average molecular weight is 492 g/mol. The highest BCUT2D eigenvalue weighted by molar-refractivity contribution is 5.97. The van der Waals surface area contributed by atoms with Gasteiger partial charge in [0.2, 0.25) is 11.6 Å². The molecular weight excluding hydrogens is 471 g/mol. The average Bonchev–Trinajstić information content (AvgIpc) is 3.25. The molecule has 1 aliphatic rings. The van der Waals surface area contributed by atoms with Crippen LogP contribution in [0.1, 0.15) is 25.0 Å². The smallest absolute Gasteiger partial charge is 0.278 e. The molecule has 12 heteroatoms. The first-order valence-corrected chi connectivity index (χ1v) is 10.7. The number of carbonyl (C=O) groups is 1. The van der Waals surface area contributed by atoms with Crippen molar-refractivity contribution in [3.8, 4) is 5.75 Å². The van der Waals surface area contributed by atoms with Crippen LogP contribution in [0.3, 0.4) is 0 Å². The van der Waals surface area contributed by atoms with Gasteiger partial charge in [-0.15, -0.1) is 5.10 Å². The maximum absolute atomic E-state index is 13.6. The van der Waals surface area contributed by atoms with Crippen molar-refractivity contribution in [3.63, 3.8) is 0 Å². The highest BCUT2D eigenvalue weighted by Gasteiger charge is 2.44. The molecule has 1 aliphatic heterocycles. The third kappa shape index (κ3) is 5.27. The lowest BCUT2D eigenvalue weighted by molar-refractivity contribution is -0.384. The number of nitro benzene ring substituents is 1. The number of non-ortho nitro benzene ring substituents is 1. The number of aromatic nitrogens is 1. The maximum Gasteiger partial charge on any atom is 0.278 e. The van der Waals surface area contributed by atoms with Gasteiger partial charge >= 0.3 is 0 Å². The van der Waals surface area contributed by atoms with Gasteiger partial charge in [-0.2, -0.15) is 5.10 Å². The van der Waals surface area contributed by atoms with Crippen LogP contribution in [0.2, 0.25) is 0 Å². The van der Waals surface area contributed by atoms with Crippen molar-refractivity contribution in [2.24, 2.45) is 10.2 Å². The first kappa shape index (κ1) is 24.3. The Labute approximate surface area is 205 Å². The second kappa shape index (κ2) is 10.2. The van der Waals surface area contributed by atoms with E-state index in [1.54, 1.807) is 50.5 Å². The molecule has 0 bridgehead atoms. The number of nitro groups is 1. The third-order valence-electron chi connectivity index (χ3n) is 5.26. The minimum atomic E-state index is -1.18. The number of rotatable bonds is 7. The molecular formula is C24H21FN6O5. The summed E-state index contributed by atoms with van der Waals surface area (Å²) in [6, 6.07) is 14.6. The normalized spacial score (nSPS) is 17.2. The van der Waals surface area contributed by atoms with Gasteiger partial charge in [0.05, 0.1) is 4.92 Å². The minimum absolute atomic E-state index is 0.0873. The molecule has 1 N–H and O–H groups in total. The van der Waals surface area contributed by atoms with Crippen molar-refractivity contribution >= 4 is 23.3 Å². The number of amides is 1. The lowest BCUT2D eigenvalue weighted by Gasteiger charge is -2.32. The second-order valence-electron chi connectivity index (χ2n) is 7.78. The molecule has 4 rings (SSSR count). The summed E-state index contributed by atoms with van der Waals surface area (Å²) < 4.78 is 25.1. The molecule has 0 fully saturated rings. The fraction of sp³-hybridized carbons (Fsp3) is 0.167. The molecule has 0 spiro atoms. The summed E-state index contributed by atoms with van der Waals surface area (Å²) in [5, 5.41) is 20.9. The van der Waals surface area contributed by atoms with Crippen LogP contribution in [0, 0.1) is 15.9 Å². The summed E-state index contributed by atoms with van der Waals surface area (Å²) in [6.07, 6.45) is 3.20. The van der Waals surface area contributed by atoms with E-state index in [1.165, 1.54) is 41.4 Å². The third-order valence-corrected chi connectivity index (χ3v) is 5.26. The van der Waals surface area contributed by atoms with Crippen molar-refractivity contribution in [2.75, 3.05) is 6.61 Å². The summed E-state index contributed by atoms with van der Waals surface area (Å²) in [5.41, 5.74) is 2.41. The molecule has 184 valence electrons. The van der Waals surface area contributed by atoms with Gasteiger partial charge in [0, 0.05) is 42.6 Å². The number of benzene rings is 2. The van der Waals surface area contributed by atoms with Crippen molar-refractivity contribution in [1.29, 1.82) is 0 Å². The van der Waals surface area contributed by atoms with Crippen molar-refractivity contribution in [2.45, 2.75) is 19.6 Å². The van der Waals surface area contributed by atoms with Gasteiger partial charge in [-0.3, -0.25) is 19.9 Å². The number of nitrogens with one attached hydrogen (secondary N) is 1. The summed E-state index contributed by atoms with van der Waals surface area (Å²) in [7, 11) is 0. The van der Waals surface area contributed by atoms with Gasteiger partial charge in [-0.05, 0) is 43.3 Å². The summed E-state index contributed by atoms with van der Waals surface area (Å²) in [5.74, 6) is -0.0801. The Morgan fingerprint density at radius 3 is 2.47 bits per heavy atom. The molecule has 0 aliphatic carbocycles. The van der Waals surface area contributed by atoms with Gasteiger partial charge in [0.15, 0.2) is 6.61 Å². The summed E-state index contributed by atoms with van der Waals surface area (Å²) in [6.45, 7) is 3.00. The standard InChI is InChI=1S/C24H21FN6O5/c1-16(27-28-22(32)15-35-21-9-7-20(8-10-21)31(33)34)30-24(2,18-3-5-19(25)6-4-18)36-23(29-30)17-11-13-26-14-12-17/h3-14H,15H2,1-2H3,(H,28,32)/b27-16+. The molecule has 1 unspecified atom stereocenters. The molecule has 3 aromatic rings. The molecule has 1 aromatic heterocycles. The Morgan fingerprint density at radius 2 is 1.83 bits per heavy atom. The van der Waals surface area contributed by atoms with E-state index in [4.69, 9.17) is 9.47 Å². The monoisotopic (exact) mass is 492 g/mol. The minimum Gasteiger partial charge on any atom is -0.484 e. The Balaban J connectivity index is 1.49. The van der Waals surface area contributed by atoms with E-state index in [9.17, 15) is 19.3 Å². The van der Waals surface area contributed by atoms with Crippen LogP contribution in [-0.4, -0.2) is 39.2 Å². The number of carbonyl (C=O) groups excluding carboxylic acids is 1. The number of hydrogen-bond donors (Lipinski definition) is 1. The summed E-state index contributed by atoms with van der Waals surface area (Å²) in [4.78, 5) is 26.5. The van der Waals surface area contributed by atoms with Gasteiger partial charge in [0.25, 0.3) is 11.6 Å². The first-order chi connectivity index (χ1) is 17.3. The number of ether oxygens (including phenoxy) is 2. The van der Waals surface area contributed by atoms with Crippen molar-refractivity contribution in [1.82, 2.24) is 15.4 Å². The second-order valence-corrected chi connectivity index (χ2v) is 7.78. The lowest BCUT2D eigenvalue weighted by Crippen LogP contribution is -2.42. The SMILES string of the molecule is C/C(=N\NC(=O)COc1ccc([N+](=O)[O-])cc1)N1N=C(c2ccncc2)OC1(C)c1ccc(F)cc1. The first-order valence-electron chi connectivity index (χ1n) is 10.7. The van der Waals surface area contributed by atoms with E-state index in [0.717, 1.165) is 0 Å². The van der Waals surface area contributed by atoms with Crippen LogP contribution in [0.4, 0.5) is 10.1 Å². The largest absolute Gasteiger partial charge is 0.484 e. The molecule has 0 saturated heterocycles.